The smallest absolute Gasteiger partial charge is 0.243 e. The second kappa shape index (κ2) is 6.24. The molecule has 0 spiro atoms. The topological polar surface area (TPSA) is 51.0 Å². The highest BCUT2D eigenvalue weighted by molar-refractivity contribution is 5.81. The first-order valence-electron chi connectivity index (χ1n) is 9.47. The number of hydrogen-bond acceptors (Lipinski definition) is 3. The summed E-state index contributed by atoms with van der Waals surface area (Å²) in [7, 11) is 0. The van der Waals surface area contributed by atoms with E-state index < -0.39 is 0 Å². The molecule has 0 bridgehead atoms. The summed E-state index contributed by atoms with van der Waals surface area (Å²) in [5.41, 5.74) is 3.05. The number of carbonyl (C=O) groups excluding carboxylic acids is 1. The second-order valence-electron chi connectivity index (χ2n) is 7.32. The molecule has 2 fully saturated rings. The first-order chi connectivity index (χ1) is 12.8. The predicted molar refractivity (Wildman–Crippen MR) is 99.6 cm³/mol. The van der Waals surface area contributed by atoms with Gasteiger partial charge in [-0.05, 0) is 49.9 Å². The third-order valence-electron chi connectivity index (χ3n) is 5.52. The Bertz CT molecular complexity index is 945. The molecule has 1 aromatic carbocycles. The van der Waals surface area contributed by atoms with E-state index in [1.807, 2.05) is 47.5 Å². The molecule has 1 saturated carbocycles. The Kier molecular flexibility index (Phi) is 3.73. The van der Waals surface area contributed by atoms with Gasteiger partial charge in [0, 0.05) is 18.7 Å². The van der Waals surface area contributed by atoms with Gasteiger partial charge in [-0.2, -0.15) is 0 Å². The minimum absolute atomic E-state index is 0.0999. The lowest BCUT2D eigenvalue weighted by atomic mass is 10.1. The van der Waals surface area contributed by atoms with Crippen molar-refractivity contribution >= 4 is 16.9 Å². The van der Waals surface area contributed by atoms with E-state index >= 15 is 0 Å². The molecule has 1 amide bonds. The Balaban J connectivity index is 1.45. The molecule has 26 heavy (non-hydrogen) atoms. The number of carbonyl (C=O) groups is 1. The summed E-state index contributed by atoms with van der Waals surface area (Å²) in [6.45, 7) is 1.18. The number of aromatic nitrogens is 3. The summed E-state index contributed by atoms with van der Waals surface area (Å²) in [4.78, 5) is 24.5. The monoisotopic (exact) mass is 346 g/mol. The molecule has 3 heterocycles. The molecule has 5 nitrogen and oxygen atoms in total. The minimum atomic E-state index is 0.0999. The van der Waals surface area contributed by atoms with Crippen LogP contribution in [0.15, 0.2) is 48.7 Å². The highest BCUT2D eigenvalue weighted by Crippen LogP contribution is 2.41. The molecule has 1 aliphatic carbocycles. The Labute approximate surface area is 152 Å². The van der Waals surface area contributed by atoms with Crippen molar-refractivity contribution in [1.29, 1.82) is 0 Å². The first-order valence-corrected chi connectivity index (χ1v) is 9.47. The Morgan fingerprint density at radius 3 is 2.73 bits per heavy atom. The van der Waals surface area contributed by atoms with Crippen molar-refractivity contribution in [3.63, 3.8) is 0 Å². The van der Waals surface area contributed by atoms with Gasteiger partial charge in [0.25, 0.3) is 0 Å². The van der Waals surface area contributed by atoms with Gasteiger partial charge in [0.1, 0.15) is 12.4 Å². The van der Waals surface area contributed by atoms with Gasteiger partial charge in [-0.15, -0.1) is 0 Å². The number of benzene rings is 1. The largest absolute Gasteiger partial charge is 0.333 e. The van der Waals surface area contributed by atoms with Crippen LogP contribution < -0.4 is 0 Å². The summed E-state index contributed by atoms with van der Waals surface area (Å²) in [5, 5.41) is 0. The summed E-state index contributed by atoms with van der Waals surface area (Å²) in [6, 6.07) is 14.2. The van der Waals surface area contributed by atoms with Gasteiger partial charge >= 0.3 is 0 Å². The highest BCUT2D eigenvalue weighted by atomic mass is 16.2. The average molecular weight is 346 g/mol. The van der Waals surface area contributed by atoms with Crippen LogP contribution in [0, 0.1) is 0 Å². The van der Waals surface area contributed by atoms with Crippen molar-refractivity contribution in [3.8, 4) is 0 Å². The van der Waals surface area contributed by atoms with Gasteiger partial charge in [-0.1, -0.05) is 18.2 Å². The Hall–Kier alpha value is -2.69. The van der Waals surface area contributed by atoms with Crippen molar-refractivity contribution in [2.75, 3.05) is 6.54 Å². The SMILES string of the molecule is O=C(Cn1c(C2CC2)nc2ccccc21)N1CCCC1c1ccccn1. The fraction of sp³-hybridized carbons (Fsp3) is 0.381. The third-order valence-corrected chi connectivity index (χ3v) is 5.52. The van der Waals surface area contributed by atoms with Gasteiger partial charge in [0.05, 0.1) is 22.8 Å². The van der Waals surface area contributed by atoms with Gasteiger partial charge in [-0.25, -0.2) is 4.98 Å². The lowest BCUT2D eigenvalue weighted by Gasteiger charge is -2.25. The molecule has 3 aromatic rings. The first kappa shape index (κ1) is 15.6. The van der Waals surface area contributed by atoms with Crippen LogP contribution >= 0.6 is 0 Å². The number of rotatable bonds is 4. The van der Waals surface area contributed by atoms with Crippen LogP contribution in [0.1, 0.15) is 49.2 Å². The maximum atomic E-state index is 13.2. The van der Waals surface area contributed by atoms with Crippen LogP contribution in [0.4, 0.5) is 0 Å². The zero-order valence-corrected chi connectivity index (χ0v) is 14.7. The van der Waals surface area contributed by atoms with Gasteiger partial charge in [0.2, 0.25) is 5.91 Å². The molecule has 1 saturated heterocycles. The quantitative estimate of drug-likeness (QED) is 0.724. The zero-order valence-electron chi connectivity index (χ0n) is 14.7. The number of amides is 1. The van der Waals surface area contributed by atoms with Gasteiger partial charge in [-0.3, -0.25) is 9.78 Å². The van der Waals surface area contributed by atoms with E-state index in [4.69, 9.17) is 4.98 Å². The summed E-state index contributed by atoms with van der Waals surface area (Å²) < 4.78 is 2.14. The van der Waals surface area contributed by atoms with Gasteiger partial charge in [0.15, 0.2) is 0 Å². The molecule has 0 radical (unpaired) electrons. The van der Waals surface area contributed by atoms with Crippen molar-refractivity contribution in [2.45, 2.75) is 44.2 Å². The third kappa shape index (κ3) is 2.68. The van der Waals surface area contributed by atoms with Gasteiger partial charge < -0.3 is 9.47 Å². The van der Waals surface area contributed by atoms with E-state index in [0.717, 1.165) is 41.9 Å². The van der Waals surface area contributed by atoms with Crippen LogP contribution in [0.3, 0.4) is 0 Å². The van der Waals surface area contributed by atoms with E-state index in [1.165, 1.54) is 12.8 Å². The molecule has 0 N–H and O–H groups in total. The standard InChI is InChI=1S/C21H22N4O/c26-20(24-13-5-9-18(24)16-6-3-4-12-22-16)14-25-19-8-2-1-7-17(19)23-21(25)15-10-11-15/h1-4,6-8,12,15,18H,5,9-11,13-14H2. The number of imidazole rings is 1. The van der Waals surface area contributed by atoms with E-state index in [2.05, 4.69) is 15.6 Å². The molecule has 132 valence electrons. The Morgan fingerprint density at radius 1 is 1.08 bits per heavy atom. The number of pyridine rings is 1. The fourth-order valence-corrected chi connectivity index (χ4v) is 4.09. The fourth-order valence-electron chi connectivity index (χ4n) is 4.09. The maximum Gasteiger partial charge on any atom is 0.243 e. The number of nitrogens with zero attached hydrogens (tertiary/aromatic N) is 4. The molecular weight excluding hydrogens is 324 g/mol. The normalized spacial score (nSPS) is 20.0. The van der Waals surface area contributed by atoms with E-state index in [1.54, 1.807) is 0 Å². The van der Waals surface area contributed by atoms with Crippen molar-refractivity contribution in [3.05, 3.63) is 60.2 Å². The lowest BCUT2D eigenvalue weighted by Crippen LogP contribution is -2.34. The van der Waals surface area contributed by atoms with Crippen molar-refractivity contribution in [2.24, 2.45) is 0 Å². The van der Waals surface area contributed by atoms with Crippen molar-refractivity contribution in [1.82, 2.24) is 19.4 Å². The molecule has 2 aromatic heterocycles. The van der Waals surface area contributed by atoms with Crippen LogP contribution in [-0.4, -0.2) is 31.9 Å². The number of para-hydroxylation sites is 2. The van der Waals surface area contributed by atoms with E-state index in [9.17, 15) is 4.79 Å². The lowest BCUT2D eigenvalue weighted by molar-refractivity contribution is -0.132. The molecule has 5 rings (SSSR count). The molecule has 1 unspecified atom stereocenters. The highest BCUT2D eigenvalue weighted by Gasteiger charge is 2.33. The average Bonchev–Trinajstić information content (AvgIpc) is 3.29. The maximum absolute atomic E-state index is 13.2. The summed E-state index contributed by atoms with van der Waals surface area (Å²) in [6.07, 6.45) is 6.19. The van der Waals surface area contributed by atoms with E-state index in [0.29, 0.717) is 12.5 Å². The number of fused-ring (bicyclic) bond motifs is 1. The van der Waals surface area contributed by atoms with Crippen LogP contribution in [0.5, 0.6) is 0 Å². The van der Waals surface area contributed by atoms with E-state index in [-0.39, 0.29) is 11.9 Å². The van der Waals surface area contributed by atoms with Crippen LogP contribution in [-0.2, 0) is 11.3 Å². The molecule has 1 aliphatic heterocycles. The number of likely N-dealkylation sites (tertiary alicyclic amines) is 1. The molecular formula is C21H22N4O. The summed E-state index contributed by atoms with van der Waals surface area (Å²) in [5.74, 6) is 1.76. The number of hydrogen-bond donors (Lipinski definition) is 0. The molecule has 2 aliphatic rings. The Morgan fingerprint density at radius 2 is 1.92 bits per heavy atom. The van der Waals surface area contributed by atoms with Crippen LogP contribution in [0.25, 0.3) is 11.0 Å². The zero-order chi connectivity index (χ0) is 17.5. The molecule has 5 heteroatoms. The van der Waals surface area contributed by atoms with Crippen molar-refractivity contribution < 1.29 is 4.79 Å². The predicted octanol–water partition coefficient (Wildman–Crippen LogP) is 3.67. The summed E-state index contributed by atoms with van der Waals surface area (Å²) >= 11 is 0. The van der Waals surface area contributed by atoms with Crippen LogP contribution in [0.2, 0.25) is 0 Å². The minimum Gasteiger partial charge on any atom is -0.333 e. The second-order valence-corrected chi connectivity index (χ2v) is 7.32. The molecule has 1 atom stereocenters.